The van der Waals surface area contributed by atoms with E-state index in [0.717, 1.165) is 42.6 Å². The predicted octanol–water partition coefficient (Wildman–Crippen LogP) is 3.20. The molecule has 5 rings (SSSR count). The normalized spacial score (nSPS) is 18.7. The summed E-state index contributed by atoms with van der Waals surface area (Å²) in [5.74, 6) is 0.870. The van der Waals surface area contributed by atoms with E-state index in [2.05, 4.69) is 15.6 Å². The van der Waals surface area contributed by atoms with Gasteiger partial charge in [-0.15, -0.1) is 0 Å². The van der Waals surface area contributed by atoms with Gasteiger partial charge in [0, 0.05) is 63.4 Å². The Bertz CT molecular complexity index is 1130. The summed E-state index contributed by atoms with van der Waals surface area (Å²) in [5, 5.41) is 5.70. The predicted molar refractivity (Wildman–Crippen MR) is 127 cm³/mol. The SMILES string of the molecule is O=C(NCc1ccn2ccnc2c1)Nc1ccc(OC2CCN(C(=O)[C@H]3CCCO3)CC2)cc1. The Labute approximate surface area is 198 Å². The third kappa shape index (κ3) is 5.31. The van der Waals surface area contributed by atoms with Crippen molar-refractivity contribution in [2.24, 2.45) is 0 Å². The number of pyridine rings is 1. The van der Waals surface area contributed by atoms with Gasteiger partial charge >= 0.3 is 6.03 Å². The summed E-state index contributed by atoms with van der Waals surface area (Å²) in [6.07, 6.45) is 8.74. The van der Waals surface area contributed by atoms with Gasteiger partial charge in [0.25, 0.3) is 5.91 Å². The molecule has 0 saturated carbocycles. The Morgan fingerprint density at radius 2 is 1.91 bits per heavy atom. The highest BCUT2D eigenvalue weighted by atomic mass is 16.5. The second-order valence-electron chi connectivity index (χ2n) is 8.70. The molecular weight excluding hydrogens is 434 g/mol. The number of imidazole rings is 1. The number of nitrogens with one attached hydrogen (secondary N) is 2. The number of piperidine rings is 1. The zero-order valence-corrected chi connectivity index (χ0v) is 19.0. The molecule has 0 aliphatic carbocycles. The zero-order chi connectivity index (χ0) is 23.3. The van der Waals surface area contributed by atoms with Crippen molar-refractivity contribution in [3.8, 4) is 5.75 Å². The number of aromatic nitrogens is 2. The molecule has 3 aromatic rings. The molecule has 0 spiro atoms. The number of nitrogens with zero attached hydrogens (tertiary/aromatic N) is 3. The molecule has 178 valence electrons. The first-order valence-corrected chi connectivity index (χ1v) is 11.8. The van der Waals surface area contributed by atoms with Crippen LogP contribution in [0.4, 0.5) is 10.5 Å². The Hall–Kier alpha value is -3.59. The van der Waals surface area contributed by atoms with E-state index in [-0.39, 0.29) is 24.1 Å². The Balaban J connectivity index is 1.05. The molecule has 0 bridgehead atoms. The monoisotopic (exact) mass is 463 g/mol. The van der Waals surface area contributed by atoms with E-state index >= 15 is 0 Å². The molecule has 1 atom stereocenters. The van der Waals surface area contributed by atoms with E-state index in [1.807, 2.05) is 58.1 Å². The van der Waals surface area contributed by atoms with Crippen molar-refractivity contribution in [3.63, 3.8) is 0 Å². The molecule has 1 aromatic carbocycles. The van der Waals surface area contributed by atoms with E-state index in [9.17, 15) is 9.59 Å². The quantitative estimate of drug-likeness (QED) is 0.585. The Kier molecular flexibility index (Phi) is 6.62. The van der Waals surface area contributed by atoms with Crippen molar-refractivity contribution in [2.45, 2.75) is 44.4 Å². The Morgan fingerprint density at radius 1 is 1.09 bits per heavy atom. The smallest absolute Gasteiger partial charge is 0.319 e. The molecule has 34 heavy (non-hydrogen) atoms. The highest BCUT2D eigenvalue weighted by molar-refractivity contribution is 5.89. The molecule has 2 N–H and O–H groups in total. The van der Waals surface area contributed by atoms with E-state index in [4.69, 9.17) is 9.47 Å². The lowest BCUT2D eigenvalue weighted by Gasteiger charge is -2.33. The third-order valence-electron chi connectivity index (χ3n) is 6.29. The highest BCUT2D eigenvalue weighted by Crippen LogP contribution is 2.23. The lowest BCUT2D eigenvalue weighted by Crippen LogP contribution is -2.45. The standard InChI is InChI=1S/C25H29N5O4/c31-24(22-2-1-15-33-22)30-12-8-21(9-13-30)34-20-5-3-19(4-6-20)28-25(32)27-17-18-7-11-29-14-10-26-23(29)16-18/h3-7,10-11,14,16,21-22H,1-2,8-9,12-13,15,17H2,(H2,27,28,32)/t22-/m1/s1. The summed E-state index contributed by atoms with van der Waals surface area (Å²) in [4.78, 5) is 30.9. The fourth-order valence-corrected chi connectivity index (χ4v) is 4.40. The van der Waals surface area contributed by atoms with Crippen LogP contribution in [0.1, 0.15) is 31.2 Å². The number of likely N-dealkylation sites (tertiary alicyclic amines) is 1. The van der Waals surface area contributed by atoms with E-state index < -0.39 is 0 Å². The zero-order valence-electron chi connectivity index (χ0n) is 19.0. The van der Waals surface area contributed by atoms with Gasteiger partial charge < -0.3 is 29.4 Å². The summed E-state index contributed by atoms with van der Waals surface area (Å²) in [6.45, 7) is 2.47. The van der Waals surface area contributed by atoms with Crippen LogP contribution in [-0.4, -0.2) is 58.1 Å². The number of ether oxygens (including phenoxy) is 2. The van der Waals surface area contributed by atoms with E-state index in [1.54, 1.807) is 6.20 Å². The van der Waals surface area contributed by atoms with Crippen molar-refractivity contribution in [1.29, 1.82) is 0 Å². The minimum atomic E-state index is -0.278. The summed E-state index contributed by atoms with van der Waals surface area (Å²) in [7, 11) is 0. The Morgan fingerprint density at radius 3 is 2.68 bits per heavy atom. The molecule has 2 fully saturated rings. The van der Waals surface area contributed by atoms with Crippen LogP contribution in [0.5, 0.6) is 5.75 Å². The van der Waals surface area contributed by atoms with E-state index in [0.29, 0.717) is 31.9 Å². The molecular formula is C25H29N5O4. The molecule has 2 aliphatic rings. The number of anilines is 1. The van der Waals surface area contributed by atoms with Crippen LogP contribution in [0.25, 0.3) is 5.65 Å². The number of carbonyl (C=O) groups excluding carboxylic acids is 2. The van der Waals surface area contributed by atoms with Crippen molar-refractivity contribution >= 4 is 23.3 Å². The van der Waals surface area contributed by atoms with Crippen molar-refractivity contribution in [1.82, 2.24) is 19.6 Å². The maximum Gasteiger partial charge on any atom is 0.319 e. The lowest BCUT2D eigenvalue weighted by atomic mass is 10.1. The van der Waals surface area contributed by atoms with Gasteiger partial charge in [0.2, 0.25) is 0 Å². The summed E-state index contributed by atoms with van der Waals surface area (Å²) >= 11 is 0. The van der Waals surface area contributed by atoms with Gasteiger partial charge in [-0.2, -0.15) is 0 Å². The van der Waals surface area contributed by atoms with Crippen molar-refractivity contribution in [2.75, 3.05) is 25.0 Å². The fraction of sp³-hybridized carbons (Fsp3) is 0.400. The van der Waals surface area contributed by atoms with Crippen molar-refractivity contribution < 1.29 is 19.1 Å². The second-order valence-corrected chi connectivity index (χ2v) is 8.70. The van der Waals surface area contributed by atoms with Gasteiger partial charge in [-0.25, -0.2) is 9.78 Å². The highest BCUT2D eigenvalue weighted by Gasteiger charge is 2.31. The van der Waals surface area contributed by atoms with Crippen LogP contribution in [0.2, 0.25) is 0 Å². The van der Waals surface area contributed by atoms with Crippen LogP contribution in [0.15, 0.2) is 55.0 Å². The van der Waals surface area contributed by atoms with Crippen LogP contribution in [0, 0.1) is 0 Å². The first kappa shape index (κ1) is 22.2. The van der Waals surface area contributed by atoms with E-state index in [1.165, 1.54) is 0 Å². The van der Waals surface area contributed by atoms with Crippen LogP contribution < -0.4 is 15.4 Å². The van der Waals surface area contributed by atoms with Crippen molar-refractivity contribution in [3.05, 3.63) is 60.6 Å². The third-order valence-corrected chi connectivity index (χ3v) is 6.29. The number of amides is 3. The van der Waals surface area contributed by atoms with Crippen LogP contribution in [-0.2, 0) is 16.1 Å². The molecule has 9 nitrogen and oxygen atoms in total. The van der Waals surface area contributed by atoms with Crippen LogP contribution in [0.3, 0.4) is 0 Å². The molecule has 2 aliphatic heterocycles. The average molecular weight is 464 g/mol. The lowest BCUT2D eigenvalue weighted by molar-refractivity contribution is -0.142. The number of rotatable bonds is 6. The first-order chi connectivity index (χ1) is 16.6. The number of benzene rings is 1. The average Bonchev–Trinajstić information content (AvgIpc) is 3.56. The molecule has 3 amide bonds. The molecule has 0 radical (unpaired) electrons. The van der Waals surface area contributed by atoms with Gasteiger partial charge in [0.1, 0.15) is 23.6 Å². The second kappa shape index (κ2) is 10.1. The number of urea groups is 1. The number of fused-ring (bicyclic) bond motifs is 1. The molecule has 2 saturated heterocycles. The summed E-state index contributed by atoms with van der Waals surface area (Å²) in [5.41, 5.74) is 2.50. The maximum absolute atomic E-state index is 12.5. The maximum atomic E-state index is 12.5. The molecule has 2 aromatic heterocycles. The minimum absolute atomic E-state index is 0.0723. The largest absolute Gasteiger partial charge is 0.490 e. The summed E-state index contributed by atoms with van der Waals surface area (Å²) < 4.78 is 13.5. The minimum Gasteiger partial charge on any atom is -0.490 e. The van der Waals surface area contributed by atoms with Gasteiger partial charge in [-0.05, 0) is 54.8 Å². The topological polar surface area (TPSA) is 97.2 Å². The van der Waals surface area contributed by atoms with Crippen LogP contribution >= 0.6 is 0 Å². The van der Waals surface area contributed by atoms with Gasteiger partial charge in [-0.3, -0.25) is 4.79 Å². The van der Waals surface area contributed by atoms with Gasteiger partial charge in [0.15, 0.2) is 0 Å². The molecule has 4 heterocycles. The fourth-order valence-electron chi connectivity index (χ4n) is 4.40. The number of hydrogen-bond acceptors (Lipinski definition) is 5. The summed E-state index contributed by atoms with van der Waals surface area (Å²) in [6, 6.07) is 11.0. The number of carbonyl (C=O) groups is 2. The first-order valence-electron chi connectivity index (χ1n) is 11.8. The van der Waals surface area contributed by atoms with Gasteiger partial charge in [-0.1, -0.05) is 0 Å². The number of hydrogen-bond donors (Lipinski definition) is 2. The van der Waals surface area contributed by atoms with Gasteiger partial charge in [0.05, 0.1) is 0 Å². The molecule has 0 unspecified atom stereocenters. The molecule has 9 heteroatoms.